The minimum atomic E-state index is -0.670. The number of aromatic nitrogens is 1. The van der Waals surface area contributed by atoms with E-state index in [0.29, 0.717) is 22.4 Å². The quantitative estimate of drug-likeness (QED) is 0.691. The molecule has 0 saturated carbocycles. The molecule has 3 rings (SSSR count). The van der Waals surface area contributed by atoms with E-state index in [1.165, 1.54) is 16.2 Å². The molecule has 148 valence electrons. The summed E-state index contributed by atoms with van der Waals surface area (Å²) in [5.74, 6) is -0.864. The van der Waals surface area contributed by atoms with Crippen molar-refractivity contribution in [3.63, 3.8) is 0 Å². The summed E-state index contributed by atoms with van der Waals surface area (Å²) in [6.45, 7) is 4.46. The number of ether oxygens (including phenoxy) is 1. The zero-order valence-corrected chi connectivity index (χ0v) is 16.5. The van der Waals surface area contributed by atoms with Crippen molar-refractivity contribution in [2.24, 2.45) is 5.92 Å². The third-order valence-corrected chi connectivity index (χ3v) is 4.91. The number of nitrogens with zero attached hydrogens (tertiary/aromatic N) is 2. The van der Waals surface area contributed by atoms with Crippen LogP contribution in [0.5, 0.6) is 0 Å². The molecule has 0 spiro atoms. The zero-order chi connectivity index (χ0) is 20.1. The zero-order valence-electron chi connectivity index (χ0n) is 15.7. The van der Waals surface area contributed by atoms with Crippen molar-refractivity contribution in [1.29, 1.82) is 0 Å². The standard InChI is InChI=1S/C19H22N4O4S/c1-12(2)7-8-20-19-22-14(11-28-19)18(26)27-10-17(25)23-9-16(24)21-13-5-3-4-6-15(13)23/h3-6,11-12H,7-10H2,1-2H3,(H,20,22)(H,21,24). The first-order valence-electron chi connectivity index (χ1n) is 9.00. The normalized spacial score (nSPS) is 13.1. The molecule has 2 amide bonds. The maximum absolute atomic E-state index is 12.5. The Bertz CT molecular complexity index is 880. The first kappa shape index (κ1) is 19.8. The van der Waals surface area contributed by atoms with Crippen molar-refractivity contribution in [3.05, 3.63) is 35.3 Å². The van der Waals surface area contributed by atoms with E-state index in [2.05, 4.69) is 29.5 Å². The number of hydrogen-bond acceptors (Lipinski definition) is 7. The van der Waals surface area contributed by atoms with Crippen LogP contribution < -0.4 is 15.5 Å². The second kappa shape index (κ2) is 8.83. The maximum atomic E-state index is 12.5. The molecule has 9 heteroatoms. The Morgan fingerprint density at radius 2 is 2.14 bits per heavy atom. The van der Waals surface area contributed by atoms with Gasteiger partial charge in [-0.3, -0.25) is 14.5 Å². The Hall–Kier alpha value is -2.94. The van der Waals surface area contributed by atoms with E-state index >= 15 is 0 Å². The van der Waals surface area contributed by atoms with Crippen LogP contribution in [0.4, 0.5) is 16.5 Å². The van der Waals surface area contributed by atoms with Gasteiger partial charge >= 0.3 is 5.97 Å². The van der Waals surface area contributed by atoms with Crippen molar-refractivity contribution in [3.8, 4) is 0 Å². The van der Waals surface area contributed by atoms with E-state index in [1.807, 2.05) is 0 Å². The van der Waals surface area contributed by atoms with Gasteiger partial charge in [-0.2, -0.15) is 0 Å². The Morgan fingerprint density at radius 1 is 1.36 bits per heavy atom. The summed E-state index contributed by atoms with van der Waals surface area (Å²) in [7, 11) is 0. The molecule has 2 heterocycles. The Labute approximate surface area is 166 Å². The number of anilines is 3. The van der Waals surface area contributed by atoms with Crippen LogP contribution in [0.25, 0.3) is 0 Å². The molecule has 0 aliphatic carbocycles. The fourth-order valence-corrected chi connectivity index (χ4v) is 3.36. The Kier molecular flexibility index (Phi) is 6.25. The molecule has 1 aliphatic rings. The van der Waals surface area contributed by atoms with Gasteiger partial charge < -0.3 is 15.4 Å². The fraction of sp³-hybridized carbons (Fsp3) is 0.368. The van der Waals surface area contributed by atoms with Crippen LogP contribution in [0.15, 0.2) is 29.6 Å². The van der Waals surface area contributed by atoms with Crippen LogP contribution in [-0.4, -0.2) is 42.5 Å². The fourth-order valence-electron chi connectivity index (χ4n) is 2.65. The predicted octanol–water partition coefficient (Wildman–Crippen LogP) is 2.74. The van der Waals surface area contributed by atoms with Crippen LogP contribution in [-0.2, 0) is 14.3 Å². The summed E-state index contributed by atoms with van der Waals surface area (Å²) in [6.07, 6.45) is 0.999. The second-order valence-electron chi connectivity index (χ2n) is 6.77. The lowest BCUT2D eigenvalue weighted by molar-refractivity contribution is -0.124. The number of nitrogens with one attached hydrogen (secondary N) is 2. The van der Waals surface area contributed by atoms with Gasteiger partial charge in [0.05, 0.1) is 11.4 Å². The van der Waals surface area contributed by atoms with Gasteiger partial charge in [0.1, 0.15) is 6.54 Å². The summed E-state index contributed by atoms with van der Waals surface area (Å²) < 4.78 is 5.10. The van der Waals surface area contributed by atoms with E-state index in [4.69, 9.17) is 4.74 Å². The topological polar surface area (TPSA) is 101 Å². The molecule has 0 bridgehead atoms. The molecule has 1 aromatic heterocycles. The number of esters is 1. The van der Waals surface area contributed by atoms with E-state index in [9.17, 15) is 14.4 Å². The molecule has 28 heavy (non-hydrogen) atoms. The highest BCUT2D eigenvalue weighted by molar-refractivity contribution is 7.13. The van der Waals surface area contributed by atoms with Crippen molar-refractivity contribution >= 4 is 45.6 Å². The maximum Gasteiger partial charge on any atom is 0.358 e. The summed E-state index contributed by atoms with van der Waals surface area (Å²) in [5, 5.41) is 8.10. The van der Waals surface area contributed by atoms with E-state index < -0.39 is 18.5 Å². The third kappa shape index (κ3) is 4.86. The smallest absolute Gasteiger partial charge is 0.358 e. The number of benzene rings is 1. The molecule has 1 aromatic carbocycles. The van der Waals surface area contributed by atoms with Gasteiger partial charge in [0, 0.05) is 11.9 Å². The van der Waals surface area contributed by atoms with Gasteiger partial charge in [-0.05, 0) is 24.5 Å². The number of thiazole rings is 1. The molecule has 1 aliphatic heterocycles. The second-order valence-corrected chi connectivity index (χ2v) is 7.63. The Morgan fingerprint density at radius 3 is 2.93 bits per heavy atom. The average Bonchev–Trinajstić information content (AvgIpc) is 3.13. The van der Waals surface area contributed by atoms with Gasteiger partial charge in [0.25, 0.3) is 5.91 Å². The Balaban J connectivity index is 1.56. The largest absolute Gasteiger partial charge is 0.451 e. The van der Waals surface area contributed by atoms with Crippen molar-refractivity contribution < 1.29 is 19.1 Å². The molecule has 2 aromatic rings. The summed E-state index contributed by atoms with van der Waals surface area (Å²) in [4.78, 5) is 42.0. The van der Waals surface area contributed by atoms with Crippen LogP contribution in [0.2, 0.25) is 0 Å². The van der Waals surface area contributed by atoms with Crippen LogP contribution in [0.3, 0.4) is 0 Å². The molecular formula is C19H22N4O4S. The molecule has 0 atom stereocenters. The average molecular weight is 402 g/mol. The molecular weight excluding hydrogens is 380 g/mol. The lowest BCUT2D eigenvalue weighted by atomic mass is 10.1. The first-order valence-corrected chi connectivity index (χ1v) is 9.87. The number of para-hydroxylation sites is 2. The number of fused-ring (bicyclic) bond motifs is 1. The first-order chi connectivity index (χ1) is 13.4. The van der Waals surface area contributed by atoms with Crippen LogP contribution in [0.1, 0.15) is 30.8 Å². The van der Waals surface area contributed by atoms with Gasteiger partial charge in [0.2, 0.25) is 5.91 Å². The minimum absolute atomic E-state index is 0.117. The van der Waals surface area contributed by atoms with Gasteiger partial charge in [-0.15, -0.1) is 11.3 Å². The number of rotatable bonds is 7. The van der Waals surface area contributed by atoms with Gasteiger partial charge in [-0.1, -0.05) is 26.0 Å². The van der Waals surface area contributed by atoms with E-state index in [-0.39, 0.29) is 18.1 Å². The lowest BCUT2D eigenvalue weighted by Crippen LogP contribution is -2.44. The number of amides is 2. The highest BCUT2D eigenvalue weighted by Gasteiger charge is 2.27. The van der Waals surface area contributed by atoms with Crippen molar-refractivity contribution in [2.45, 2.75) is 20.3 Å². The number of carbonyl (C=O) groups excluding carboxylic acids is 3. The van der Waals surface area contributed by atoms with E-state index in [0.717, 1.165) is 13.0 Å². The highest BCUT2D eigenvalue weighted by Crippen LogP contribution is 2.28. The number of carbonyl (C=O) groups is 3. The molecule has 0 unspecified atom stereocenters. The minimum Gasteiger partial charge on any atom is -0.451 e. The molecule has 0 radical (unpaired) electrons. The van der Waals surface area contributed by atoms with Crippen molar-refractivity contribution in [1.82, 2.24) is 4.98 Å². The SMILES string of the molecule is CC(C)CCNc1nc(C(=O)OCC(=O)N2CC(=O)Nc3ccccc32)cs1. The summed E-state index contributed by atoms with van der Waals surface area (Å²) >= 11 is 1.31. The van der Waals surface area contributed by atoms with Crippen LogP contribution in [0, 0.1) is 5.92 Å². The molecule has 0 fully saturated rings. The van der Waals surface area contributed by atoms with Gasteiger partial charge in [-0.25, -0.2) is 9.78 Å². The van der Waals surface area contributed by atoms with E-state index in [1.54, 1.807) is 29.6 Å². The van der Waals surface area contributed by atoms with Crippen molar-refractivity contribution in [2.75, 3.05) is 35.2 Å². The highest BCUT2D eigenvalue weighted by atomic mass is 32.1. The predicted molar refractivity (Wildman–Crippen MR) is 108 cm³/mol. The molecule has 8 nitrogen and oxygen atoms in total. The summed E-state index contributed by atoms with van der Waals surface area (Å²) in [5.41, 5.74) is 1.28. The lowest BCUT2D eigenvalue weighted by Gasteiger charge is -2.28. The summed E-state index contributed by atoms with van der Waals surface area (Å²) in [6, 6.07) is 6.97. The van der Waals surface area contributed by atoms with Gasteiger partial charge in [0.15, 0.2) is 17.4 Å². The molecule has 2 N–H and O–H groups in total. The number of hydrogen-bond donors (Lipinski definition) is 2. The molecule has 0 saturated heterocycles. The van der Waals surface area contributed by atoms with Crippen LogP contribution >= 0.6 is 11.3 Å². The third-order valence-electron chi connectivity index (χ3n) is 4.11. The monoisotopic (exact) mass is 402 g/mol.